The third-order valence-corrected chi connectivity index (χ3v) is 3.16. The maximum atomic E-state index is 5.66. The molecule has 0 radical (unpaired) electrons. The van der Waals surface area contributed by atoms with Gasteiger partial charge in [-0.2, -0.15) is 0 Å². The topological polar surface area (TPSA) is 50.3 Å². The lowest BCUT2D eigenvalue weighted by Gasteiger charge is -2.31. The van der Waals surface area contributed by atoms with E-state index in [1.165, 1.54) is 11.3 Å². The molecule has 0 aliphatic carbocycles. The van der Waals surface area contributed by atoms with E-state index in [0.717, 1.165) is 37.9 Å². The van der Waals surface area contributed by atoms with Crippen LogP contribution in [-0.4, -0.2) is 54.0 Å². The molecule has 1 aromatic heterocycles. The van der Waals surface area contributed by atoms with Crippen LogP contribution in [0.1, 0.15) is 6.92 Å². The van der Waals surface area contributed by atoms with Gasteiger partial charge < -0.3 is 10.1 Å². The molecule has 0 bridgehead atoms. The highest BCUT2D eigenvalue weighted by molar-refractivity contribution is 7.13. The van der Waals surface area contributed by atoms with Gasteiger partial charge in [-0.15, -0.1) is 10.2 Å². The number of rotatable bonds is 4. The van der Waals surface area contributed by atoms with Crippen LogP contribution in [0.3, 0.4) is 0 Å². The van der Waals surface area contributed by atoms with Crippen LogP contribution in [0.2, 0.25) is 0 Å². The van der Waals surface area contributed by atoms with E-state index in [1.54, 1.807) is 5.51 Å². The maximum Gasteiger partial charge on any atom is 0.205 e. The fourth-order valence-electron chi connectivity index (χ4n) is 1.64. The molecule has 2 rings (SSSR count). The van der Waals surface area contributed by atoms with Gasteiger partial charge in [-0.3, -0.25) is 4.90 Å². The molecule has 84 valence electrons. The largest absolute Gasteiger partial charge is 0.374 e. The minimum Gasteiger partial charge on any atom is -0.374 e. The summed E-state index contributed by atoms with van der Waals surface area (Å²) >= 11 is 1.52. The van der Waals surface area contributed by atoms with Gasteiger partial charge >= 0.3 is 0 Å². The number of likely N-dealkylation sites (N-methyl/N-ethyl adjacent to an activating group) is 1. The number of nitrogens with one attached hydrogen (secondary N) is 1. The minimum absolute atomic E-state index is 0.266. The lowest BCUT2D eigenvalue weighted by atomic mass is 10.2. The van der Waals surface area contributed by atoms with E-state index in [2.05, 4.69) is 27.3 Å². The Kier molecular flexibility index (Phi) is 3.87. The van der Waals surface area contributed by atoms with E-state index in [4.69, 9.17) is 4.74 Å². The van der Waals surface area contributed by atoms with Gasteiger partial charge in [0.15, 0.2) is 0 Å². The predicted octanol–water partition coefficient (Wildman–Crippen LogP) is 0.671. The SMILES string of the molecule is CCN1CCOC(CNc2nncs2)C1. The first kappa shape index (κ1) is 10.8. The molecule has 0 saturated carbocycles. The van der Waals surface area contributed by atoms with Crippen molar-refractivity contribution < 1.29 is 4.74 Å². The molecule has 1 aliphatic rings. The first-order chi connectivity index (χ1) is 7.38. The fraction of sp³-hybridized carbons (Fsp3) is 0.778. The van der Waals surface area contributed by atoms with E-state index in [-0.39, 0.29) is 6.10 Å². The van der Waals surface area contributed by atoms with Crippen molar-refractivity contribution in [3.05, 3.63) is 5.51 Å². The summed E-state index contributed by atoms with van der Waals surface area (Å²) in [5.74, 6) is 0. The average molecular weight is 228 g/mol. The standard InChI is InChI=1S/C9H16N4OS/c1-2-13-3-4-14-8(6-13)5-10-9-12-11-7-15-9/h7-8H,2-6H2,1H3,(H,10,12). The Hall–Kier alpha value is -0.720. The molecule has 1 aliphatic heterocycles. The zero-order chi connectivity index (χ0) is 10.5. The van der Waals surface area contributed by atoms with Crippen molar-refractivity contribution in [3.8, 4) is 0 Å². The molecule has 1 aromatic rings. The third kappa shape index (κ3) is 3.12. The molecule has 1 saturated heterocycles. The summed E-state index contributed by atoms with van der Waals surface area (Å²) in [4.78, 5) is 2.40. The number of nitrogens with zero attached hydrogens (tertiary/aromatic N) is 3. The lowest BCUT2D eigenvalue weighted by Crippen LogP contribution is -2.45. The lowest BCUT2D eigenvalue weighted by molar-refractivity contribution is -0.0191. The van der Waals surface area contributed by atoms with Crippen LogP contribution in [0.15, 0.2) is 5.51 Å². The summed E-state index contributed by atoms with van der Waals surface area (Å²) in [6.45, 7) is 6.97. The molecule has 0 spiro atoms. The molecule has 15 heavy (non-hydrogen) atoms. The number of hydrogen-bond donors (Lipinski definition) is 1. The van der Waals surface area contributed by atoms with Gasteiger partial charge in [0, 0.05) is 19.6 Å². The highest BCUT2D eigenvalue weighted by Gasteiger charge is 2.18. The maximum absolute atomic E-state index is 5.66. The number of ether oxygens (including phenoxy) is 1. The van der Waals surface area contributed by atoms with E-state index in [1.807, 2.05) is 0 Å². The Balaban J connectivity index is 1.74. The van der Waals surface area contributed by atoms with E-state index in [0.29, 0.717) is 0 Å². The van der Waals surface area contributed by atoms with Crippen LogP contribution in [0.5, 0.6) is 0 Å². The van der Waals surface area contributed by atoms with Gasteiger partial charge in [-0.1, -0.05) is 18.3 Å². The van der Waals surface area contributed by atoms with Crippen LogP contribution < -0.4 is 5.32 Å². The molecule has 1 atom stereocenters. The minimum atomic E-state index is 0.266. The monoisotopic (exact) mass is 228 g/mol. The van der Waals surface area contributed by atoms with Crippen molar-refractivity contribution in [1.29, 1.82) is 0 Å². The first-order valence-corrected chi connectivity index (χ1v) is 6.10. The van der Waals surface area contributed by atoms with Gasteiger partial charge in [0.05, 0.1) is 12.7 Å². The number of aromatic nitrogens is 2. The summed E-state index contributed by atoms with van der Waals surface area (Å²) in [5.41, 5.74) is 1.72. The third-order valence-electron chi connectivity index (χ3n) is 2.51. The molecule has 0 amide bonds. The average Bonchev–Trinajstić information content (AvgIpc) is 2.79. The molecule has 1 unspecified atom stereocenters. The molecular formula is C9H16N4OS. The second-order valence-electron chi connectivity index (χ2n) is 3.51. The summed E-state index contributed by atoms with van der Waals surface area (Å²) in [6, 6.07) is 0. The number of hydrogen-bond acceptors (Lipinski definition) is 6. The molecular weight excluding hydrogens is 212 g/mol. The van der Waals surface area contributed by atoms with Crippen molar-refractivity contribution in [2.75, 3.05) is 38.1 Å². The van der Waals surface area contributed by atoms with Crippen molar-refractivity contribution in [1.82, 2.24) is 15.1 Å². The molecule has 2 heterocycles. The highest BCUT2D eigenvalue weighted by atomic mass is 32.1. The van der Waals surface area contributed by atoms with Crippen LogP contribution in [0.25, 0.3) is 0 Å². The van der Waals surface area contributed by atoms with E-state index < -0.39 is 0 Å². The Labute approximate surface area is 93.5 Å². The summed E-state index contributed by atoms with van der Waals surface area (Å²) in [7, 11) is 0. The van der Waals surface area contributed by atoms with Crippen molar-refractivity contribution in [2.24, 2.45) is 0 Å². The van der Waals surface area contributed by atoms with Crippen molar-refractivity contribution in [3.63, 3.8) is 0 Å². The summed E-state index contributed by atoms with van der Waals surface area (Å²) in [5, 5.41) is 11.8. The van der Waals surface area contributed by atoms with Gasteiger partial charge in [0.1, 0.15) is 5.51 Å². The zero-order valence-electron chi connectivity index (χ0n) is 8.85. The second kappa shape index (κ2) is 5.39. The number of morpholine rings is 1. The quantitative estimate of drug-likeness (QED) is 0.821. The Morgan fingerprint density at radius 1 is 1.73 bits per heavy atom. The second-order valence-corrected chi connectivity index (χ2v) is 4.34. The normalized spacial score (nSPS) is 22.9. The highest BCUT2D eigenvalue weighted by Crippen LogP contribution is 2.10. The van der Waals surface area contributed by atoms with Crippen LogP contribution in [-0.2, 0) is 4.74 Å². The summed E-state index contributed by atoms with van der Waals surface area (Å²) < 4.78 is 5.66. The van der Waals surface area contributed by atoms with Crippen LogP contribution in [0.4, 0.5) is 5.13 Å². The van der Waals surface area contributed by atoms with Gasteiger partial charge in [-0.25, -0.2) is 0 Å². The smallest absolute Gasteiger partial charge is 0.205 e. The molecule has 1 fully saturated rings. The van der Waals surface area contributed by atoms with Crippen LogP contribution >= 0.6 is 11.3 Å². The Morgan fingerprint density at radius 2 is 2.67 bits per heavy atom. The molecule has 6 heteroatoms. The van der Waals surface area contributed by atoms with Crippen LogP contribution in [0, 0.1) is 0 Å². The van der Waals surface area contributed by atoms with Gasteiger partial charge in [0.2, 0.25) is 5.13 Å². The zero-order valence-corrected chi connectivity index (χ0v) is 9.66. The van der Waals surface area contributed by atoms with Crippen molar-refractivity contribution in [2.45, 2.75) is 13.0 Å². The van der Waals surface area contributed by atoms with Gasteiger partial charge in [0.25, 0.3) is 0 Å². The number of anilines is 1. The van der Waals surface area contributed by atoms with Crippen molar-refractivity contribution >= 4 is 16.5 Å². The fourth-order valence-corrected chi connectivity index (χ4v) is 2.10. The Morgan fingerprint density at radius 3 is 3.40 bits per heavy atom. The first-order valence-electron chi connectivity index (χ1n) is 5.22. The molecule has 5 nitrogen and oxygen atoms in total. The molecule has 1 N–H and O–H groups in total. The van der Waals surface area contributed by atoms with E-state index >= 15 is 0 Å². The van der Waals surface area contributed by atoms with Gasteiger partial charge in [-0.05, 0) is 6.54 Å². The van der Waals surface area contributed by atoms with E-state index in [9.17, 15) is 0 Å². The Bertz CT molecular complexity index is 280. The summed E-state index contributed by atoms with van der Waals surface area (Å²) in [6.07, 6.45) is 0.266. The predicted molar refractivity (Wildman–Crippen MR) is 60.3 cm³/mol. The molecule has 0 aromatic carbocycles.